The SMILES string of the molecule is COc1cc(OC)cc(-c2nc(C3CC(=O)N(c4ccc(OC)c(Cl)c4)C3)no2)c1. The lowest BCUT2D eigenvalue weighted by Gasteiger charge is -2.17. The van der Waals surface area contributed by atoms with Gasteiger partial charge in [0.2, 0.25) is 5.91 Å². The second-order valence-electron chi connectivity index (χ2n) is 6.78. The van der Waals surface area contributed by atoms with Crippen LogP contribution in [0.15, 0.2) is 40.9 Å². The van der Waals surface area contributed by atoms with E-state index in [0.717, 1.165) is 0 Å². The van der Waals surface area contributed by atoms with E-state index in [1.807, 2.05) is 0 Å². The molecule has 1 atom stereocenters. The minimum atomic E-state index is -0.191. The second kappa shape index (κ2) is 8.23. The van der Waals surface area contributed by atoms with E-state index in [4.69, 9.17) is 30.3 Å². The summed E-state index contributed by atoms with van der Waals surface area (Å²) in [6, 6.07) is 10.6. The van der Waals surface area contributed by atoms with Crippen LogP contribution in [0.5, 0.6) is 17.2 Å². The van der Waals surface area contributed by atoms with Crippen molar-refractivity contribution in [3.8, 4) is 28.7 Å². The summed E-state index contributed by atoms with van der Waals surface area (Å²) in [5.41, 5.74) is 1.38. The molecule has 0 saturated carbocycles. The molecule has 1 aromatic heterocycles. The topological polar surface area (TPSA) is 86.9 Å². The van der Waals surface area contributed by atoms with Crippen molar-refractivity contribution in [3.63, 3.8) is 0 Å². The van der Waals surface area contributed by atoms with Crippen LogP contribution in [0.3, 0.4) is 0 Å². The van der Waals surface area contributed by atoms with Gasteiger partial charge in [-0.1, -0.05) is 16.8 Å². The molecule has 9 heteroatoms. The fraction of sp³-hybridized carbons (Fsp3) is 0.286. The molecule has 8 nitrogen and oxygen atoms in total. The minimum absolute atomic E-state index is 0.0318. The zero-order valence-corrected chi connectivity index (χ0v) is 17.5. The highest BCUT2D eigenvalue weighted by atomic mass is 35.5. The number of methoxy groups -OCH3 is 3. The van der Waals surface area contributed by atoms with Crippen molar-refractivity contribution in [2.45, 2.75) is 12.3 Å². The van der Waals surface area contributed by atoms with Gasteiger partial charge < -0.3 is 23.6 Å². The van der Waals surface area contributed by atoms with Crippen molar-refractivity contribution < 1.29 is 23.5 Å². The van der Waals surface area contributed by atoms with Crippen molar-refractivity contribution in [1.82, 2.24) is 10.1 Å². The third kappa shape index (κ3) is 3.78. The number of anilines is 1. The summed E-state index contributed by atoms with van der Waals surface area (Å²) < 4.78 is 21.2. The zero-order valence-electron chi connectivity index (χ0n) is 16.7. The lowest BCUT2D eigenvalue weighted by molar-refractivity contribution is -0.117. The fourth-order valence-electron chi connectivity index (χ4n) is 3.40. The molecule has 2 aromatic carbocycles. The maximum atomic E-state index is 12.6. The molecule has 1 fully saturated rings. The largest absolute Gasteiger partial charge is 0.497 e. The van der Waals surface area contributed by atoms with Gasteiger partial charge in [0, 0.05) is 36.2 Å². The Hall–Kier alpha value is -3.26. The number of benzene rings is 2. The molecule has 30 heavy (non-hydrogen) atoms. The molecule has 0 N–H and O–H groups in total. The number of hydrogen-bond acceptors (Lipinski definition) is 7. The fourth-order valence-corrected chi connectivity index (χ4v) is 3.65. The molecule has 0 spiro atoms. The Morgan fingerprint density at radius 3 is 2.43 bits per heavy atom. The van der Waals surface area contributed by atoms with Crippen molar-refractivity contribution in [3.05, 3.63) is 47.2 Å². The van der Waals surface area contributed by atoms with E-state index < -0.39 is 0 Å². The Morgan fingerprint density at radius 2 is 1.80 bits per heavy atom. The lowest BCUT2D eigenvalue weighted by Crippen LogP contribution is -2.24. The van der Waals surface area contributed by atoms with E-state index in [-0.39, 0.29) is 18.2 Å². The summed E-state index contributed by atoms with van der Waals surface area (Å²) >= 11 is 6.21. The van der Waals surface area contributed by atoms with E-state index in [1.165, 1.54) is 0 Å². The summed E-state index contributed by atoms with van der Waals surface area (Å²) in [7, 11) is 4.69. The van der Waals surface area contributed by atoms with Gasteiger partial charge in [0.1, 0.15) is 17.2 Å². The highest BCUT2D eigenvalue weighted by molar-refractivity contribution is 6.32. The average Bonchev–Trinajstić information content (AvgIpc) is 3.40. The van der Waals surface area contributed by atoms with Crippen LogP contribution in [-0.4, -0.2) is 43.9 Å². The first-order chi connectivity index (χ1) is 14.5. The van der Waals surface area contributed by atoms with Gasteiger partial charge in [-0.2, -0.15) is 4.98 Å². The van der Waals surface area contributed by atoms with Gasteiger partial charge in [-0.3, -0.25) is 4.79 Å². The molecule has 0 radical (unpaired) electrons. The van der Waals surface area contributed by atoms with E-state index >= 15 is 0 Å². The monoisotopic (exact) mass is 429 g/mol. The number of aromatic nitrogens is 2. The number of ether oxygens (including phenoxy) is 3. The molecular weight excluding hydrogens is 410 g/mol. The summed E-state index contributed by atoms with van der Waals surface area (Å²) in [6.45, 7) is 0.432. The Balaban J connectivity index is 1.56. The second-order valence-corrected chi connectivity index (χ2v) is 7.19. The summed E-state index contributed by atoms with van der Waals surface area (Å²) in [5, 5.41) is 4.54. The molecule has 1 amide bonds. The van der Waals surface area contributed by atoms with Crippen LogP contribution in [0.2, 0.25) is 5.02 Å². The first kappa shape index (κ1) is 20.0. The van der Waals surface area contributed by atoms with E-state index in [9.17, 15) is 4.79 Å². The van der Waals surface area contributed by atoms with Crippen molar-refractivity contribution in [1.29, 1.82) is 0 Å². The van der Waals surface area contributed by atoms with Crippen LogP contribution in [0, 0.1) is 0 Å². The maximum Gasteiger partial charge on any atom is 0.258 e. The summed E-state index contributed by atoms with van der Waals surface area (Å²) in [4.78, 5) is 18.8. The quantitative estimate of drug-likeness (QED) is 0.586. The van der Waals surface area contributed by atoms with Crippen LogP contribution in [-0.2, 0) is 4.79 Å². The number of amides is 1. The van der Waals surface area contributed by atoms with Crippen molar-refractivity contribution >= 4 is 23.2 Å². The van der Waals surface area contributed by atoms with Crippen LogP contribution in [0.4, 0.5) is 5.69 Å². The van der Waals surface area contributed by atoms with Gasteiger partial charge in [-0.15, -0.1) is 0 Å². The van der Waals surface area contributed by atoms with Gasteiger partial charge in [0.05, 0.1) is 26.4 Å². The molecule has 1 aliphatic rings. The van der Waals surface area contributed by atoms with Gasteiger partial charge in [-0.25, -0.2) is 0 Å². The van der Waals surface area contributed by atoms with E-state index in [2.05, 4.69) is 10.1 Å². The highest BCUT2D eigenvalue weighted by Gasteiger charge is 2.35. The Bertz CT molecular complexity index is 1060. The average molecular weight is 430 g/mol. The van der Waals surface area contributed by atoms with Gasteiger partial charge in [0.15, 0.2) is 5.82 Å². The number of carbonyl (C=O) groups is 1. The molecule has 1 aliphatic heterocycles. The van der Waals surface area contributed by atoms with Gasteiger partial charge in [-0.05, 0) is 30.3 Å². The smallest absolute Gasteiger partial charge is 0.258 e. The van der Waals surface area contributed by atoms with Crippen LogP contribution in [0.1, 0.15) is 18.2 Å². The molecule has 156 valence electrons. The molecule has 2 heterocycles. The number of carbonyl (C=O) groups excluding carboxylic acids is 1. The molecule has 3 aromatic rings. The first-order valence-electron chi connectivity index (χ1n) is 9.23. The summed E-state index contributed by atoms with van der Waals surface area (Å²) in [6.07, 6.45) is 0.282. The molecule has 1 unspecified atom stereocenters. The van der Waals surface area contributed by atoms with E-state index in [0.29, 0.717) is 51.8 Å². The normalized spacial score (nSPS) is 16.1. The molecule has 4 rings (SSSR count). The Kier molecular flexibility index (Phi) is 5.50. The van der Waals surface area contributed by atoms with Crippen molar-refractivity contribution in [2.75, 3.05) is 32.8 Å². The Labute approximate surface area is 178 Å². The maximum absolute atomic E-state index is 12.6. The first-order valence-corrected chi connectivity index (χ1v) is 9.61. The number of rotatable bonds is 6. The third-order valence-corrected chi connectivity index (χ3v) is 5.27. The van der Waals surface area contributed by atoms with Gasteiger partial charge >= 0.3 is 0 Å². The molecule has 0 aliphatic carbocycles. The van der Waals surface area contributed by atoms with E-state index in [1.54, 1.807) is 62.6 Å². The zero-order chi connectivity index (χ0) is 21.3. The number of halogens is 1. The number of hydrogen-bond donors (Lipinski definition) is 0. The predicted octanol–water partition coefficient (Wildman–Crippen LogP) is 3.94. The standard InChI is InChI=1S/C21H20ClN3O5/c1-27-15-6-12(7-16(10-15)28-2)21-23-20(24-30-21)13-8-19(26)25(11-13)14-4-5-18(29-3)17(22)9-14/h4-7,9-10,13H,8,11H2,1-3H3. The highest BCUT2D eigenvalue weighted by Crippen LogP contribution is 2.35. The molecule has 0 bridgehead atoms. The van der Waals surface area contributed by atoms with Crippen LogP contribution < -0.4 is 19.1 Å². The minimum Gasteiger partial charge on any atom is -0.497 e. The number of nitrogens with zero attached hydrogens (tertiary/aromatic N) is 3. The lowest BCUT2D eigenvalue weighted by atomic mass is 10.1. The van der Waals surface area contributed by atoms with Crippen LogP contribution >= 0.6 is 11.6 Å². The third-order valence-electron chi connectivity index (χ3n) is 4.98. The van der Waals surface area contributed by atoms with Gasteiger partial charge in [0.25, 0.3) is 5.89 Å². The summed E-state index contributed by atoms with van der Waals surface area (Å²) in [5.74, 6) is 2.37. The predicted molar refractivity (Wildman–Crippen MR) is 111 cm³/mol. The molecular formula is C21H20ClN3O5. The van der Waals surface area contributed by atoms with Crippen LogP contribution in [0.25, 0.3) is 11.5 Å². The Morgan fingerprint density at radius 1 is 1.07 bits per heavy atom. The van der Waals surface area contributed by atoms with Crippen molar-refractivity contribution in [2.24, 2.45) is 0 Å². The molecule has 1 saturated heterocycles.